The van der Waals surface area contributed by atoms with E-state index < -0.39 is 10.0 Å². The van der Waals surface area contributed by atoms with E-state index in [2.05, 4.69) is 0 Å². The zero-order chi connectivity index (χ0) is 23.4. The number of hydrogen-bond donors (Lipinski definition) is 0. The van der Waals surface area contributed by atoms with Gasteiger partial charge in [0.1, 0.15) is 5.82 Å². The Kier molecular flexibility index (Phi) is 7.26. The maximum absolute atomic E-state index is 13.6. The average molecular weight is 487 g/mol. The van der Waals surface area contributed by atoms with Crippen LogP contribution in [0.15, 0.2) is 70.9 Å². The Hall–Kier alpha value is -2.55. The Labute approximate surface area is 198 Å². The van der Waals surface area contributed by atoms with Crippen LogP contribution in [0.4, 0.5) is 4.39 Å². The predicted molar refractivity (Wildman–Crippen MR) is 128 cm³/mol. The summed E-state index contributed by atoms with van der Waals surface area (Å²) in [5.41, 5.74) is 1.84. The number of thiophene rings is 1. The van der Waals surface area contributed by atoms with Crippen LogP contribution in [0.2, 0.25) is 0 Å². The number of amides is 1. The summed E-state index contributed by atoms with van der Waals surface area (Å²) < 4.78 is 41.5. The zero-order valence-electron chi connectivity index (χ0n) is 18.5. The summed E-state index contributed by atoms with van der Waals surface area (Å²) in [5, 5.41) is 2.00. The molecule has 1 aliphatic heterocycles. The Bertz CT molecular complexity index is 1190. The molecular formula is C25H27FN2O3S2. The van der Waals surface area contributed by atoms with Crippen molar-refractivity contribution in [2.75, 3.05) is 19.6 Å². The molecule has 174 valence electrons. The quantitative estimate of drug-likeness (QED) is 0.457. The van der Waals surface area contributed by atoms with Crippen LogP contribution in [-0.4, -0.2) is 43.2 Å². The maximum Gasteiger partial charge on any atom is 0.243 e. The van der Waals surface area contributed by atoms with Gasteiger partial charge in [-0.1, -0.05) is 43.7 Å². The fraction of sp³-hybridized carbons (Fsp3) is 0.320. The van der Waals surface area contributed by atoms with E-state index in [1.54, 1.807) is 58.7 Å². The molecule has 2 aromatic carbocycles. The van der Waals surface area contributed by atoms with Crippen molar-refractivity contribution in [2.24, 2.45) is 0 Å². The summed E-state index contributed by atoms with van der Waals surface area (Å²) in [7, 11) is -3.81. The van der Waals surface area contributed by atoms with Crippen molar-refractivity contribution in [3.8, 4) is 0 Å². The van der Waals surface area contributed by atoms with Crippen molar-refractivity contribution in [3.63, 3.8) is 0 Å². The fourth-order valence-corrected chi connectivity index (χ4v) is 6.54. The molecule has 1 aromatic heterocycles. The average Bonchev–Trinajstić information content (AvgIpc) is 3.31. The molecule has 1 atom stereocenters. The van der Waals surface area contributed by atoms with E-state index in [0.29, 0.717) is 13.0 Å². The van der Waals surface area contributed by atoms with Gasteiger partial charge in [0.05, 0.1) is 17.5 Å². The predicted octanol–water partition coefficient (Wildman–Crippen LogP) is 4.85. The lowest BCUT2D eigenvalue weighted by atomic mass is 9.93. The Morgan fingerprint density at radius 1 is 1.12 bits per heavy atom. The van der Waals surface area contributed by atoms with Gasteiger partial charge in [-0.3, -0.25) is 4.79 Å². The molecule has 0 aliphatic carbocycles. The van der Waals surface area contributed by atoms with Crippen molar-refractivity contribution in [2.45, 2.75) is 37.1 Å². The van der Waals surface area contributed by atoms with Crippen LogP contribution >= 0.6 is 11.3 Å². The summed E-state index contributed by atoms with van der Waals surface area (Å²) >= 11 is 1.65. The lowest BCUT2D eigenvalue weighted by Gasteiger charge is -2.37. The van der Waals surface area contributed by atoms with Gasteiger partial charge in [0.15, 0.2) is 0 Å². The van der Waals surface area contributed by atoms with E-state index >= 15 is 0 Å². The molecule has 0 saturated carbocycles. The second-order valence-electron chi connectivity index (χ2n) is 8.10. The summed E-state index contributed by atoms with van der Waals surface area (Å²) in [5.74, 6) is -0.588. The third-order valence-electron chi connectivity index (χ3n) is 5.93. The van der Waals surface area contributed by atoms with E-state index in [-0.39, 0.29) is 35.8 Å². The number of sulfonamides is 1. The molecule has 33 heavy (non-hydrogen) atoms. The van der Waals surface area contributed by atoms with Crippen LogP contribution in [0.3, 0.4) is 0 Å². The number of carbonyl (C=O) groups is 1. The summed E-state index contributed by atoms with van der Waals surface area (Å²) in [6.07, 6.45) is 2.20. The van der Waals surface area contributed by atoms with E-state index in [0.717, 1.165) is 24.0 Å². The highest BCUT2D eigenvalue weighted by Crippen LogP contribution is 2.38. The van der Waals surface area contributed by atoms with Crippen molar-refractivity contribution in [1.82, 2.24) is 9.21 Å². The van der Waals surface area contributed by atoms with Gasteiger partial charge in [-0.2, -0.15) is 4.31 Å². The molecule has 0 radical (unpaired) electrons. The van der Waals surface area contributed by atoms with Gasteiger partial charge in [-0.25, -0.2) is 12.8 Å². The zero-order valence-corrected chi connectivity index (χ0v) is 20.1. The van der Waals surface area contributed by atoms with E-state index in [9.17, 15) is 17.6 Å². The monoisotopic (exact) mass is 486 g/mol. The van der Waals surface area contributed by atoms with Crippen LogP contribution in [0, 0.1) is 5.82 Å². The third-order valence-corrected chi connectivity index (χ3v) is 8.78. The second-order valence-corrected chi connectivity index (χ2v) is 11.0. The highest BCUT2D eigenvalue weighted by molar-refractivity contribution is 7.89. The first-order valence-electron chi connectivity index (χ1n) is 11.1. The topological polar surface area (TPSA) is 57.7 Å². The number of hydrogen-bond acceptors (Lipinski definition) is 4. The fourth-order valence-electron chi connectivity index (χ4n) is 4.19. The molecular weight excluding hydrogens is 459 g/mol. The Balaban J connectivity index is 1.65. The molecule has 5 nitrogen and oxygen atoms in total. The number of rotatable bonds is 8. The third kappa shape index (κ3) is 5.03. The molecule has 0 N–H and O–H groups in total. The van der Waals surface area contributed by atoms with Crippen molar-refractivity contribution in [3.05, 3.63) is 87.9 Å². The van der Waals surface area contributed by atoms with Gasteiger partial charge in [-0.05, 0) is 59.7 Å². The van der Waals surface area contributed by atoms with E-state index in [1.807, 2.05) is 18.4 Å². The lowest BCUT2D eigenvalue weighted by molar-refractivity contribution is -0.133. The minimum Gasteiger partial charge on any atom is -0.330 e. The minimum absolute atomic E-state index is 0.183. The van der Waals surface area contributed by atoms with Crippen LogP contribution in [0.1, 0.15) is 41.8 Å². The first-order chi connectivity index (χ1) is 15.9. The molecule has 4 rings (SSSR count). The highest BCUT2D eigenvalue weighted by atomic mass is 32.2. The van der Waals surface area contributed by atoms with Crippen LogP contribution < -0.4 is 0 Å². The van der Waals surface area contributed by atoms with Gasteiger partial charge in [-0.15, -0.1) is 11.3 Å². The molecule has 0 spiro atoms. The summed E-state index contributed by atoms with van der Waals surface area (Å²) in [6.45, 7) is 2.52. The molecule has 8 heteroatoms. The molecule has 3 aromatic rings. The van der Waals surface area contributed by atoms with E-state index in [4.69, 9.17) is 0 Å². The normalized spacial score (nSPS) is 16.1. The lowest BCUT2D eigenvalue weighted by Crippen LogP contribution is -2.47. The molecule has 0 bridgehead atoms. The number of benzene rings is 2. The largest absolute Gasteiger partial charge is 0.330 e. The first kappa shape index (κ1) is 23.6. The SMILES string of the molecule is CCCCN(CC(=O)N1CCc2sccc2C1c1ccc(F)cc1)S(=O)(=O)c1ccccc1. The summed E-state index contributed by atoms with van der Waals surface area (Å²) in [6, 6.07) is 16.1. The van der Waals surface area contributed by atoms with Gasteiger partial charge in [0.2, 0.25) is 15.9 Å². The van der Waals surface area contributed by atoms with Crippen molar-refractivity contribution in [1.29, 1.82) is 0 Å². The first-order valence-corrected chi connectivity index (χ1v) is 13.4. The minimum atomic E-state index is -3.81. The summed E-state index contributed by atoms with van der Waals surface area (Å²) in [4.78, 5) is 16.7. The molecule has 1 unspecified atom stereocenters. The van der Waals surface area contributed by atoms with Crippen molar-refractivity contribution < 1.29 is 17.6 Å². The maximum atomic E-state index is 13.6. The number of carbonyl (C=O) groups excluding carboxylic acids is 1. The van der Waals surface area contributed by atoms with Gasteiger partial charge >= 0.3 is 0 Å². The van der Waals surface area contributed by atoms with Crippen LogP contribution in [-0.2, 0) is 21.2 Å². The molecule has 0 saturated heterocycles. The number of fused-ring (bicyclic) bond motifs is 1. The van der Waals surface area contributed by atoms with Gasteiger partial charge < -0.3 is 4.90 Å². The van der Waals surface area contributed by atoms with Crippen molar-refractivity contribution >= 4 is 27.3 Å². The van der Waals surface area contributed by atoms with Gasteiger partial charge in [0.25, 0.3) is 0 Å². The molecule has 0 fully saturated rings. The van der Waals surface area contributed by atoms with Crippen LogP contribution in [0.5, 0.6) is 0 Å². The smallest absolute Gasteiger partial charge is 0.243 e. The number of nitrogens with zero attached hydrogens (tertiary/aromatic N) is 2. The van der Waals surface area contributed by atoms with Crippen LogP contribution in [0.25, 0.3) is 0 Å². The highest BCUT2D eigenvalue weighted by Gasteiger charge is 2.35. The Morgan fingerprint density at radius 3 is 2.55 bits per heavy atom. The Morgan fingerprint density at radius 2 is 1.85 bits per heavy atom. The molecule has 2 heterocycles. The number of halogens is 1. The standard InChI is InChI=1S/C25H27FN2O3S2/c1-2-3-15-27(33(30,31)21-7-5-4-6-8-21)18-24(29)28-16-13-23-22(14-17-32-23)25(28)19-9-11-20(26)12-10-19/h4-12,14,17,25H,2-3,13,15-16,18H2,1H3. The second kappa shape index (κ2) is 10.2. The van der Waals surface area contributed by atoms with Gasteiger partial charge in [0, 0.05) is 18.0 Å². The molecule has 1 amide bonds. The van der Waals surface area contributed by atoms with E-state index in [1.165, 1.54) is 21.3 Å². The number of unbranched alkanes of at least 4 members (excludes halogenated alkanes) is 1. The molecule has 1 aliphatic rings.